The van der Waals surface area contributed by atoms with Crippen molar-refractivity contribution in [3.63, 3.8) is 0 Å². The summed E-state index contributed by atoms with van der Waals surface area (Å²) in [7, 11) is 0. The van der Waals surface area contributed by atoms with Crippen molar-refractivity contribution >= 4 is 23.7 Å². The summed E-state index contributed by atoms with van der Waals surface area (Å²) in [5.74, 6) is 0. The van der Waals surface area contributed by atoms with E-state index in [0.717, 1.165) is 6.42 Å². The molecule has 1 saturated heterocycles. The van der Waals surface area contributed by atoms with Crippen LogP contribution in [0.1, 0.15) is 27.2 Å². The topological polar surface area (TPSA) is 76.0 Å². The second-order valence-corrected chi connectivity index (χ2v) is 6.38. The molecule has 0 aromatic heterocycles. The predicted molar refractivity (Wildman–Crippen MR) is 59.5 cm³/mol. The highest BCUT2D eigenvalue weighted by Gasteiger charge is 2.32. The lowest BCUT2D eigenvalue weighted by molar-refractivity contribution is 0.102. The van der Waals surface area contributed by atoms with Gasteiger partial charge in [-0.05, 0) is 27.2 Å². The van der Waals surface area contributed by atoms with Gasteiger partial charge in [0.25, 0.3) is 0 Å². The number of carboxylic acid groups (broad SMARTS) is 1. The predicted octanol–water partition coefficient (Wildman–Crippen LogP) is 1.27. The van der Waals surface area contributed by atoms with Gasteiger partial charge in [-0.1, -0.05) is 4.40 Å². The maximum absolute atomic E-state index is 11.5. The Morgan fingerprint density at radius 1 is 1.67 bits per heavy atom. The molecule has 1 N–H and O–H groups in total. The highest BCUT2D eigenvalue weighted by atomic mass is 32.2. The Bertz CT molecular complexity index is 275. The zero-order chi connectivity index (χ0) is 11.6. The third kappa shape index (κ3) is 3.10. The summed E-state index contributed by atoms with van der Waals surface area (Å²) in [6.45, 7) is 6.02. The summed E-state index contributed by atoms with van der Waals surface area (Å²) in [5, 5.41) is 8.72. The Morgan fingerprint density at radius 2 is 2.27 bits per heavy atom. The van der Waals surface area contributed by atoms with Crippen LogP contribution in [0.25, 0.3) is 0 Å². The molecule has 0 radical (unpaired) electrons. The van der Waals surface area contributed by atoms with Crippen LogP contribution in [-0.4, -0.2) is 44.2 Å². The average molecular weight is 232 g/mol. The van der Waals surface area contributed by atoms with Crippen molar-refractivity contribution in [2.75, 3.05) is 6.54 Å². The van der Waals surface area contributed by atoms with Gasteiger partial charge < -0.3 is 14.6 Å². The lowest BCUT2D eigenvalue weighted by atomic mass is 10.1. The molecular formula is C9H16N2O3S. The first kappa shape index (κ1) is 12.3. The minimum absolute atomic E-state index is 0.200. The average Bonchev–Trinajstić information content (AvgIpc) is 1.98. The van der Waals surface area contributed by atoms with Gasteiger partial charge in [-0.15, -0.1) is 0 Å². The smallest absolute Gasteiger partial charge is 0.407 e. The number of hydrogen-bond donors (Lipinski definition) is 1. The molecule has 5 nitrogen and oxygen atoms in total. The van der Waals surface area contributed by atoms with Gasteiger partial charge in [0.05, 0.1) is 12.3 Å². The van der Waals surface area contributed by atoms with Crippen molar-refractivity contribution < 1.29 is 14.5 Å². The van der Waals surface area contributed by atoms with Crippen molar-refractivity contribution in [2.45, 2.75) is 38.0 Å². The van der Waals surface area contributed by atoms with E-state index in [1.807, 2.05) is 20.8 Å². The lowest BCUT2D eigenvalue weighted by Crippen LogP contribution is -2.51. The first-order valence-electron chi connectivity index (χ1n) is 4.78. The first-order chi connectivity index (χ1) is 6.82. The molecule has 0 bridgehead atoms. The van der Waals surface area contributed by atoms with Crippen molar-refractivity contribution in [3.8, 4) is 0 Å². The standard InChI is InChI=1S/C9H16N2O3S/c1-9(2,3)15(14)10-6-7-4-5-11(7)8(12)13/h6-7H,4-5H2,1-3H3,(H,12,13)/t7-,15?/m0/s1. The van der Waals surface area contributed by atoms with Gasteiger partial charge in [-0.2, -0.15) is 0 Å². The molecule has 0 aromatic rings. The summed E-state index contributed by atoms with van der Waals surface area (Å²) in [4.78, 5) is 11.9. The minimum Gasteiger partial charge on any atom is -0.591 e. The van der Waals surface area contributed by atoms with Crippen LogP contribution < -0.4 is 0 Å². The Morgan fingerprint density at radius 3 is 2.60 bits per heavy atom. The van der Waals surface area contributed by atoms with Gasteiger partial charge in [0, 0.05) is 6.54 Å². The molecule has 1 heterocycles. The fourth-order valence-corrected chi connectivity index (χ4v) is 1.65. The zero-order valence-corrected chi connectivity index (χ0v) is 9.95. The lowest BCUT2D eigenvalue weighted by Gasteiger charge is -2.35. The largest absolute Gasteiger partial charge is 0.591 e. The molecule has 1 unspecified atom stereocenters. The monoisotopic (exact) mass is 232 g/mol. The molecule has 1 rings (SSSR count). The number of nitrogens with zero attached hydrogens (tertiary/aromatic N) is 2. The van der Waals surface area contributed by atoms with Crippen LogP contribution in [0.4, 0.5) is 4.79 Å². The molecule has 86 valence electrons. The van der Waals surface area contributed by atoms with Crippen LogP contribution in [0, 0.1) is 0 Å². The van der Waals surface area contributed by atoms with Crippen molar-refractivity contribution in [2.24, 2.45) is 4.40 Å². The Balaban J connectivity index is 2.49. The van der Waals surface area contributed by atoms with E-state index in [2.05, 4.69) is 4.40 Å². The van der Waals surface area contributed by atoms with E-state index in [0.29, 0.717) is 6.54 Å². The Kier molecular flexibility index (Phi) is 3.62. The molecule has 1 fully saturated rings. The highest BCUT2D eigenvalue weighted by molar-refractivity contribution is 7.91. The van der Waals surface area contributed by atoms with E-state index < -0.39 is 22.2 Å². The number of hydrogen-bond acceptors (Lipinski definition) is 3. The van der Waals surface area contributed by atoms with Gasteiger partial charge in [-0.25, -0.2) is 4.79 Å². The van der Waals surface area contributed by atoms with E-state index in [1.54, 1.807) is 0 Å². The highest BCUT2D eigenvalue weighted by Crippen LogP contribution is 2.19. The molecule has 1 amide bonds. The van der Waals surface area contributed by atoms with Crippen molar-refractivity contribution in [1.82, 2.24) is 4.90 Å². The van der Waals surface area contributed by atoms with Gasteiger partial charge in [-0.3, -0.25) is 0 Å². The van der Waals surface area contributed by atoms with Gasteiger partial charge in [0.2, 0.25) is 0 Å². The molecule has 0 spiro atoms. The van der Waals surface area contributed by atoms with E-state index >= 15 is 0 Å². The molecule has 15 heavy (non-hydrogen) atoms. The van der Waals surface area contributed by atoms with Crippen LogP contribution in [0.15, 0.2) is 4.40 Å². The first-order valence-corrected chi connectivity index (χ1v) is 5.89. The van der Waals surface area contributed by atoms with Crippen molar-refractivity contribution in [1.29, 1.82) is 0 Å². The summed E-state index contributed by atoms with van der Waals surface area (Å²) in [5.41, 5.74) is 0. The van der Waals surface area contributed by atoms with E-state index in [9.17, 15) is 9.35 Å². The molecule has 0 aliphatic carbocycles. The summed E-state index contributed by atoms with van der Waals surface area (Å²) in [6.07, 6.45) is 1.30. The molecule has 0 aromatic carbocycles. The summed E-state index contributed by atoms with van der Waals surface area (Å²) < 4.78 is 15.0. The van der Waals surface area contributed by atoms with Gasteiger partial charge in [0.1, 0.15) is 16.1 Å². The number of likely N-dealkylation sites (tertiary alicyclic amines) is 1. The third-order valence-electron chi connectivity index (χ3n) is 2.16. The summed E-state index contributed by atoms with van der Waals surface area (Å²) >= 11 is -1.30. The van der Waals surface area contributed by atoms with E-state index in [4.69, 9.17) is 5.11 Å². The number of carbonyl (C=O) groups is 1. The molecule has 6 heteroatoms. The molecular weight excluding hydrogens is 216 g/mol. The van der Waals surface area contributed by atoms with Gasteiger partial charge in [0.15, 0.2) is 0 Å². The normalized spacial score (nSPS) is 24.0. The summed E-state index contributed by atoms with van der Waals surface area (Å²) in [6, 6.07) is -0.200. The fourth-order valence-electron chi connectivity index (χ4n) is 1.08. The second-order valence-electron chi connectivity index (χ2n) is 4.45. The molecule has 0 saturated carbocycles. The van der Waals surface area contributed by atoms with Crippen LogP contribution in [0.5, 0.6) is 0 Å². The quantitative estimate of drug-likeness (QED) is 0.575. The Labute approximate surface area is 92.5 Å². The maximum atomic E-state index is 11.5. The van der Waals surface area contributed by atoms with Gasteiger partial charge >= 0.3 is 6.09 Å². The Hall–Kier alpha value is -0.750. The molecule has 1 aliphatic rings. The maximum Gasteiger partial charge on any atom is 0.407 e. The van der Waals surface area contributed by atoms with Crippen LogP contribution >= 0.6 is 0 Å². The number of amides is 1. The number of rotatable bonds is 2. The fraction of sp³-hybridized carbons (Fsp3) is 0.778. The van der Waals surface area contributed by atoms with Crippen LogP contribution in [0.3, 0.4) is 0 Å². The zero-order valence-electron chi connectivity index (χ0n) is 9.14. The van der Waals surface area contributed by atoms with Crippen LogP contribution in [-0.2, 0) is 11.4 Å². The molecule has 2 atom stereocenters. The third-order valence-corrected chi connectivity index (χ3v) is 3.53. The van der Waals surface area contributed by atoms with Crippen LogP contribution in [0.2, 0.25) is 0 Å². The van der Waals surface area contributed by atoms with E-state index in [1.165, 1.54) is 11.1 Å². The minimum atomic E-state index is -1.30. The van der Waals surface area contributed by atoms with Crippen molar-refractivity contribution in [3.05, 3.63) is 0 Å². The van der Waals surface area contributed by atoms with E-state index in [-0.39, 0.29) is 6.04 Å². The SMILES string of the molecule is CC(C)(C)[S+]([O-])N=C[C@@H]1CCN1C(=O)O. The molecule has 1 aliphatic heterocycles. The second kappa shape index (κ2) is 4.40.